The highest BCUT2D eigenvalue weighted by atomic mass is 35.5. The predicted molar refractivity (Wildman–Crippen MR) is 49.7 cm³/mol. The second kappa shape index (κ2) is 3.33. The molecule has 13 heavy (non-hydrogen) atoms. The zero-order valence-electron chi connectivity index (χ0n) is 6.71. The molecule has 0 aliphatic rings. The minimum absolute atomic E-state index is 0.360. The molecule has 0 spiro atoms. The van der Waals surface area contributed by atoms with Crippen LogP contribution in [0, 0.1) is 0 Å². The predicted octanol–water partition coefficient (Wildman–Crippen LogP) is 1.70. The van der Waals surface area contributed by atoms with E-state index in [2.05, 4.69) is 15.7 Å². The fourth-order valence-corrected chi connectivity index (χ4v) is 1.49. The fourth-order valence-electron chi connectivity index (χ4n) is 1.29. The second-order valence-electron chi connectivity index (χ2n) is 2.69. The third kappa shape index (κ3) is 1.39. The van der Waals surface area contributed by atoms with Gasteiger partial charge in [-0.25, -0.2) is 5.48 Å². The van der Waals surface area contributed by atoms with Crippen LogP contribution in [-0.2, 0) is 6.54 Å². The molecule has 0 saturated carbocycles. The zero-order chi connectivity index (χ0) is 9.26. The Hall–Kier alpha value is -1.10. The first-order valence-corrected chi connectivity index (χ1v) is 4.19. The molecule has 2 rings (SSSR count). The minimum Gasteiger partial charge on any atom is -0.316 e. The van der Waals surface area contributed by atoms with E-state index in [0.717, 1.165) is 16.5 Å². The second-order valence-corrected chi connectivity index (χ2v) is 3.06. The first-order chi connectivity index (χ1) is 6.33. The molecule has 68 valence electrons. The number of nitrogens with zero attached hydrogens (tertiary/aromatic N) is 1. The number of hydrogen-bond donors (Lipinski definition) is 3. The van der Waals surface area contributed by atoms with Crippen molar-refractivity contribution in [2.75, 3.05) is 0 Å². The van der Waals surface area contributed by atoms with Crippen LogP contribution in [0.15, 0.2) is 18.2 Å². The number of para-hydroxylation sites is 1. The van der Waals surface area contributed by atoms with Crippen LogP contribution in [0.25, 0.3) is 10.9 Å². The van der Waals surface area contributed by atoms with Crippen LogP contribution >= 0.6 is 11.6 Å². The maximum absolute atomic E-state index is 8.56. The van der Waals surface area contributed by atoms with Gasteiger partial charge in [-0.3, -0.25) is 5.10 Å². The lowest BCUT2D eigenvalue weighted by Crippen LogP contribution is -2.06. The number of aromatic nitrogens is 2. The summed E-state index contributed by atoms with van der Waals surface area (Å²) in [7, 11) is 0. The highest BCUT2D eigenvalue weighted by Gasteiger charge is 2.06. The third-order valence-electron chi connectivity index (χ3n) is 1.89. The maximum atomic E-state index is 8.56. The largest absolute Gasteiger partial charge is 0.316 e. The lowest BCUT2D eigenvalue weighted by atomic mass is 10.1. The fraction of sp³-hybridized carbons (Fsp3) is 0.125. The molecule has 0 fully saturated rings. The summed E-state index contributed by atoms with van der Waals surface area (Å²) in [6.45, 7) is 0.360. The number of fused-ring (bicyclic) bond motifs is 1. The van der Waals surface area contributed by atoms with Crippen molar-refractivity contribution < 1.29 is 5.21 Å². The van der Waals surface area contributed by atoms with E-state index in [4.69, 9.17) is 16.8 Å². The van der Waals surface area contributed by atoms with Crippen LogP contribution in [0.4, 0.5) is 0 Å². The van der Waals surface area contributed by atoms with E-state index < -0.39 is 0 Å². The molecule has 1 aromatic heterocycles. The maximum Gasteiger partial charge on any atom is 0.132 e. The Morgan fingerprint density at radius 1 is 1.54 bits per heavy atom. The van der Waals surface area contributed by atoms with Crippen LogP contribution in [0.1, 0.15) is 5.56 Å². The van der Waals surface area contributed by atoms with Gasteiger partial charge in [0.15, 0.2) is 0 Å². The van der Waals surface area contributed by atoms with E-state index in [1.54, 1.807) is 0 Å². The molecule has 0 aliphatic carbocycles. The zero-order valence-corrected chi connectivity index (χ0v) is 7.47. The van der Waals surface area contributed by atoms with Crippen molar-refractivity contribution in [2.24, 2.45) is 0 Å². The molecule has 4 nitrogen and oxygen atoms in total. The summed E-state index contributed by atoms with van der Waals surface area (Å²) >= 11 is 5.84. The smallest absolute Gasteiger partial charge is 0.132 e. The molecular weight excluding hydrogens is 190 g/mol. The van der Waals surface area contributed by atoms with Gasteiger partial charge in [0, 0.05) is 11.9 Å². The number of rotatable bonds is 2. The minimum atomic E-state index is 0.360. The summed E-state index contributed by atoms with van der Waals surface area (Å²) in [5, 5.41) is 16.7. The van der Waals surface area contributed by atoms with Crippen LogP contribution in [0.5, 0.6) is 0 Å². The molecule has 0 saturated heterocycles. The van der Waals surface area contributed by atoms with Gasteiger partial charge in [-0.2, -0.15) is 5.10 Å². The van der Waals surface area contributed by atoms with Gasteiger partial charge in [0.05, 0.1) is 5.52 Å². The highest BCUT2D eigenvalue weighted by Crippen LogP contribution is 2.22. The number of hydroxylamine groups is 1. The van der Waals surface area contributed by atoms with E-state index in [1.807, 2.05) is 18.2 Å². The molecule has 0 bridgehead atoms. The average molecular weight is 198 g/mol. The lowest BCUT2D eigenvalue weighted by molar-refractivity contribution is 0.161. The van der Waals surface area contributed by atoms with Crippen molar-refractivity contribution >= 4 is 22.5 Å². The van der Waals surface area contributed by atoms with Gasteiger partial charge in [0.2, 0.25) is 0 Å². The number of halogens is 1. The Labute approximate surface area is 79.5 Å². The topological polar surface area (TPSA) is 60.9 Å². The summed E-state index contributed by atoms with van der Waals surface area (Å²) in [5.41, 5.74) is 3.78. The highest BCUT2D eigenvalue weighted by molar-refractivity contribution is 6.34. The number of benzene rings is 1. The number of H-pyrrole nitrogens is 1. The molecule has 0 radical (unpaired) electrons. The van der Waals surface area contributed by atoms with E-state index in [-0.39, 0.29) is 0 Å². The summed E-state index contributed by atoms with van der Waals surface area (Å²) in [4.78, 5) is 0. The molecule has 1 aromatic carbocycles. The van der Waals surface area contributed by atoms with Gasteiger partial charge in [-0.05, 0) is 11.6 Å². The molecule has 0 amide bonds. The lowest BCUT2D eigenvalue weighted by Gasteiger charge is -1.98. The van der Waals surface area contributed by atoms with Crippen molar-refractivity contribution in [3.05, 3.63) is 28.9 Å². The van der Waals surface area contributed by atoms with Crippen molar-refractivity contribution in [1.82, 2.24) is 15.7 Å². The summed E-state index contributed by atoms with van der Waals surface area (Å²) in [6.07, 6.45) is 0. The van der Waals surface area contributed by atoms with Gasteiger partial charge in [0.25, 0.3) is 0 Å². The summed E-state index contributed by atoms with van der Waals surface area (Å²) < 4.78 is 0. The standard InChI is InChI=1S/C8H8ClN3O/c9-8-6-3-1-2-5(4-10-13)7(6)11-12-8/h1-3,10,13H,4H2,(H,11,12). The Balaban J connectivity index is 2.63. The quantitative estimate of drug-likeness (QED) is 0.643. The Kier molecular flexibility index (Phi) is 2.18. The van der Waals surface area contributed by atoms with Crippen LogP contribution in [0.3, 0.4) is 0 Å². The molecular formula is C8H8ClN3O. The van der Waals surface area contributed by atoms with Gasteiger partial charge >= 0.3 is 0 Å². The first-order valence-electron chi connectivity index (χ1n) is 3.81. The van der Waals surface area contributed by atoms with E-state index in [9.17, 15) is 0 Å². The number of nitrogens with one attached hydrogen (secondary N) is 2. The summed E-state index contributed by atoms with van der Waals surface area (Å²) in [5.74, 6) is 0. The summed E-state index contributed by atoms with van der Waals surface area (Å²) in [6, 6.07) is 5.63. The molecule has 0 aliphatic heterocycles. The monoisotopic (exact) mass is 197 g/mol. The van der Waals surface area contributed by atoms with Crippen molar-refractivity contribution in [2.45, 2.75) is 6.54 Å². The van der Waals surface area contributed by atoms with E-state index in [0.29, 0.717) is 11.7 Å². The molecule has 3 N–H and O–H groups in total. The number of aromatic amines is 1. The van der Waals surface area contributed by atoms with E-state index in [1.165, 1.54) is 0 Å². The molecule has 1 heterocycles. The van der Waals surface area contributed by atoms with Crippen LogP contribution in [-0.4, -0.2) is 15.4 Å². The SMILES string of the molecule is ONCc1cccc2c(Cl)[nH]nc12. The van der Waals surface area contributed by atoms with Gasteiger partial charge in [-0.15, -0.1) is 0 Å². The van der Waals surface area contributed by atoms with Crippen LogP contribution in [0.2, 0.25) is 5.15 Å². The van der Waals surface area contributed by atoms with Crippen molar-refractivity contribution in [1.29, 1.82) is 0 Å². The van der Waals surface area contributed by atoms with Crippen LogP contribution < -0.4 is 5.48 Å². The third-order valence-corrected chi connectivity index (χ3v) is 2.18. The van der Waals surface area contributed by atoms with Crippen molar-refractivity contribution in [3.63, 3.8) is 0 Å². The van der Waals surface area contributed by atoms with Gasteiger partial charge < -0.3 is 5.21 Å². The Morgan fingerprint density at radius 2 is 2.38 bits per heavy atom. The normalized spacial score (nSPS) is 10.9. The number of hydrogen-bond acceptors (Lipinski definition) is 3. The molecule has 2 aromatic rings. The van der Waals surface area contributed by atoms with Gasteiger partial charge in [0.1, 0.15) is 5.15 Å². The van der Waals surface area contributed by atoms with E-state index >= 15 is 0 Å². The van der Waals surface area contributed by atoms with Gasteiger partial charge in [-0.1, -0.05) is 23.7 Å². The molecule has 0 atom stereocenters. The molecule has 5 heteroatoms. The molecule has 0 unspecified atom stereocenters. The van der Waals surface area contributed by atoms with Crippen molar-refractivity contribution in [3.8, 4) is 0 Å². The first kappa shape index (κ1) is 8.50. The average Bonchev–Trinajstić information content (AvgIpc) is 2.50. The Bertz CT molecular complexity index is 426. The Morgan fingerprint density at radius 3 is 3.15 bits per heavy atom.